The summed E-state index contributed by atoms with van der Waals surface area (Å²) in [6.45, 7) is 9.00. The van der Waals surface area contributed by atoms with Gasteiger partial charge in [0.1, 0.15) is 18.0 Å². The molecule has 1 aromatic heterocycles. The quantitative estimate of drug-likeness (QED) is 0.888. The molecule has 1 aliphatic heterocycles. The van der Waals surface area contributed by atoms with Gasteiger partial charge in [-0.05, 0) is 31.1 Å². The summed E-state index contributed by atoms with van der Waals surface area (Å²) in [7, 11) is 1.94. The number of nitrogens with zero attached hydrogens (tertiary/aromatic N) is 3. The molecular formula is C17H30N4. The lowest BCUT2D eigenvalue weighted by atomic mass is 9.96. The van der Waals surface area contributed by atoms with Crippen molar-refractivity contribution in [3.8, 4) is 0 Å². The monoisotopic (exact) mass is 290 g/mol. The normalized spacial score (nSPS) is 19.7. The van der Waals surface area contributed by atoms with E-state index in [0.29, 0.717) is 5.92 Å². The van der Waals surface area contributed by atoms with Gasteiger partial charge in [0.2, 0.25) is 0 Å². The average Bonchev–Trinajstić information content (AvgIpc) is 2.72. The highest BCUT2D eigenvalue weighted by atomic mass is 15.2. The Hall–Kier alpha value is -1.32. The summed E-state index contributed by atoms with van der Waals surface area (Å²) in [5, 5.41) is 3.22. The highest BCUT2D eigenvalue weighted by Gasteiger charge is 2.22. The van der Waals surface area contributed by atoms with Gasteiger partial charge in [0.15, 0.2) is 0 Å². The van der Waals surface area contributed by atoms with Crippen molar-refractivity contribution in [1.82, 2.24) is 9.97 Å². The fourth-order valence-corrected chi connectivity index (χ4v) is 3.44. The Morgan fingerprint density at radius 3 is 2.76 bits per heavy atom. The Bertz CT molecular complexity index is 444. The van der Waals surface area contributed by atoms with Crippen LogP contribution >= 0.6 is 0 Å². The largest absolute Gasteiger partial charge is 0.373 e. The molecule has 2 rings (SSSR count). The van der Waals surface area contributed by atoms with E-state index >= 15 is 0 Å². The van der Waals surface area contributed by atoms with E-state index in [1.54, 1.807) is 6.33 Å². The first-order valence-electron chi connectivity index (χ1n) is 8.44. The predicted octanol–water partition coefficient (Wildman–Crippen LogP) is 4.05. The molecule has 0 aliphatic carbocycles. The molecule has 21 heavy (non-hydrogen) atoms. The van der Waals surface area contributed by atoms with E-state index in [2.05, 4.69) is 41.0 Å². The van der Waals surface area contributed by atoms with Crippen LogP contribution in [0.15, 0.2) is 6.33 Å². The standard InChI is InChI=1S/C17H30N4/c1-5-7-14-8-6-10-21(11-9-14)17-15(13(2)3)16(18-4)19-12-20-17/h12-14H,5-11H2,1-4H3,(H,18,19,20). The van der Waals surface area contributed by atoms with Crippen LogP contribution in [0.1, 0.15) is 64.4 Å². The molecule has 1 unspecified atom stereocenters. The summed E-state index contributed by atoms with van der Waals surface area (Å²) in [5.41, 5.74) is 1.26. The molecule has 2 heterocycles. The lowest BCUT2D eigenvalue weighted by Crippen LogP contribution is -2.27. The summed E-state index contributed by atoms with van der Waals surface area (Å²) in [6.07, 6.45) is 8.31. The maximum Gasteiger partial charge on any atom is 0.137 e. The summed E-state index contributed by atoms with van der Waals surface area (Å²) in [6, 6.07) is 0. The van der Waals surface area contributed by atoms with Crippen LogP contribution in [0.25, 0.3) is 0 Å². The van der Waals surface area contributed by atoms with Gasteiger partial charge in [0, 0.05) is 25.7 Å². The topological polar surface area (TPSA) is 41.1 Å². The van der Waals surface area contributed by atoms with Crippen LogP contribution in [-0.2, 0) is 0 Å². The predicted molar refractivity (Wildman–Crippen MR) is 90.1 cm³/mol. The number of aromatic nitrogens is 2. The van der Waals surface area contributed by atoms with E-state index in [1.807, 2.05) is 7.05 Å². The molecule has 0 amide bonds. The van der Waals surface area contributed by atoms with E-state index in [1.165, 1.54) is 37.7 Å². The number of rotatable bonds is 5. The molecule has 4 heteroatoms. The molecule has 1 saturated heterocycles. The van der Waals surface area contributed by atoms with Crippen LogP contribution in [0, 0.1) is 5.92 Å². The molecule has 0 spiro atoms. The van der Waals surface area contributed by atoms with Crippen LogP contribution in [0.4, 0.5) is 11.6 Å². The minimum absolute atomic E-state index is 0.429. The lowest BCUT2D eigenvalue weighted by Gasteiger charge is -2.26. The highest BCUT2D eigenvalue weighted by Crippen LogP contribution is 2.32. The van der Waals surface area contributed by atoms with Gasteiger partial charge >= 0.3 is 0 Å². The lowest BCUT2D eigenvalue weighted by molar-refractivity contribution is 0.435. The first kappa shape index (κ1) is 16.1. The molecular weight excluding hydrogens is 260 g/mol. The molecule has 1 fully saturated rings. The van der Waals surface area contributed by atoms with Crippen molar-refractivity contribution in [3.63, 3.8) is 0 Å². The van der Waals surface area contributed by atoms with Gasteiger partial charge < -0.3 is 10.2 Å². The van der Waals surface area contributed by atoms with Crippen molar-refractivity contribution in [2.75, 3.05) is 30.4 Å². The van der Waals surface area contributed by atoms with Crippen LogP contribution < -0.4 is 10.2 Å². The van der Waals surface area contributed by atoms with Gasteiger partial charge in [-0.15, -0.1) is 0 Å². The molecule has 118 valence electrons. The second-order valence-electron chi connectivity index (χ2n) is 6.44. The molecule has 1 atom stereocenters. The molecule has 0 saturated carbocycles. The van der Waals surface area contributed by atoms with Crippen LogP contribution in [0.5, 0.6) is 0 Å². The molecule has 0 radical (unpaired) electrons. The minimum atomic E-state index is 0.429. The highest BCUT2D eigenvalue weighted by molar-refractivity contribution is 5.60. The fourth-order valence-electron chi connectivity index (χ4n) is 3.44. The van der Waals surface area contributed by atoms with Crippen LogP contribution in [0.3, 0.4) is 0 Å². The SMILES string of the molecule is CCCC1CCCN(c2ncnc(NC)c2C(C)C)CC1. The van der Waals surface area contributed by atoms with Gasteiger partial charge in [-0.2, -0.15) is 0 Å². The van der Waals surface area contributed by atoms with Crippen molar-refractivity contribution in [2.45, 2.75) is 58.8 Å². The number of anilines is 2. The molecule has 0 aromatic carbocycles. The zero-order valence-corrected chi connectivity index (χ0v) is 14.0. The maximum absolute atomic E-state index is 4.62. The number of hydrogen-bond donors (Lipinski definition) is 1. The Labute approximate surface area is 129 Å². The summed E-state index contributed by atoms with van der Waals surface area (Å²) < 4.78 is 0. The minimum Gasteiger partial charge on any atom is -0.373 e. The fraction of sp³-hybridized carbons (Fsp3) is 0.765. The first-order valence-corrected chi connectivity index (χ1v) is 8.44. The maximum atomic E-state index is 4.62. The third-order valence-corrected chi connectivity index (χ3v) is 4.52. The zero-order chi connectivity index (χ0) is 15.2. The van der Waals surface area contributed by atoms with Crippen molar-refractivity contribution >= 4 is 11.6 Å². The van der Waals surface area contributed by atoms with Crippen molar-refractivity contribution in [3.05, 3.63) is 11.9 Å². The zero-order valence-electron chi connectivity index (χ0n) is 14.0. The van der Waals surface area contributed by atoms with E-state index in [-0.39, 0.29) is 0 Å². The molecule has 0 bridgehead atoms. The average molecular weight is 290 g/mol. The van der Waals surface area contributed by atoms with Gasteiger partial charge in [-0.25, -0.2) is 9.97 Å². The van der Waals surface area contributed by atoms with Crippen molar-refractivity contribution in [1.29, 1.82) is 0 Å². The molecule has 1 aliphatic rings. The first-order chi connectivity index (χ1) is 10.2. The van der Waals surface area contributed by atoms with E-state index in [9.17, 15) is 0 Å². The third kappa shape index (κ3) is 3.86. The summed E-state index contributed by atoms with van der Waals surface area (Å²) >= 11 is 0. The van der Waals surface area contributed by atoms with Crippen LogP contribution in [-0.4, -0.2) is 30.1 Å². The molecule has 4 nitrogen and oxygen atoms in total. The Morgan fingerprint density at radius 2 is 2.10 bits per heavy atom. The van der Waals surface area contributed by atoms with E-state index < -0.39 is 0 Å². The van der Waals surface area contributed by atoms with Gasteiger partial charge in [-0.3, -0.25) is 0 Å². The van der Waals surface area contributed by atoms with Gasteiger partial charge in [0.25, 0.3) is 0 Å². The Morgan fingerprint density at radius 1 is 1.29 bits per heavy atom. The number of hydrogen-bond acceptors (Lipinski definition) is 4. The third-order valence-electron chi connectivity index (χ3n) is 4.52. The smallest absolute Gasteiger partial charge is 0.137 e. The number of nitrogens with one attached hydrogen (secondary N) is 1. The second-order valence-corrected chi connectivity index (χ2v) is 6.44. The van der Waals surface area contributed by atoms with Gasteiger partial charge in [0.05, 0.1) is 0 Å². The van der Waals surface area contributed by atoms with E-state index in [0.717, 1.165) is 30.6 Å². The second kappa shape index (κ2) is 7.62. The van der Waals surface area contributed by atoms with Crippen LogP contribution in [0.2, 0.25) is 0 Å². The van der Waals surface area contributed by atoms with E-state index in [4.69, 9.17) is 0 Å². The Balaban J connectivity index is 2.21. The Kier molecular flexibility index (Phi) is 5.83. The molecule has 1 aromatic rings. The van der Waals surface area contributed by atoms with Crippen molar-refractivity contribution < 1.29 is 0 Å². The molecule has 1 N–H and O–H groups in total. The van der Waals surface area contributed by atoms with Gasteiger partial charge in [-0.1, -0.05) is 33.6 Å². The van der Waals surface area contributed by atoms with Crippen molar-refractivity contribution in [2.24, 2.45) is 5.92 Å². The summed E-state index contributed by atoms with van der Waals surface area (Å²) in [5.74, 6) is 3.44. The summed E-state index contributed by atoms with van der Waals surface area (Å²) in [4.78, 5) is 11.5.